The van der Waals surface area contributed by atoms with Crippen molar-refractivity contribution in [1.29, 1.82) is 0 Å². The Morgan fingerprint density at radius 2 is 1.90 bits per heavy atom. The zero-order valence-corrected chi connectivity index (χ0v) is 14.2. The lowest BCUT2D eigenvalue weighted by molar-refractivity contribution is 0.926. The van der Waals surface area contributed by atoms with E-state index in [-0.39, 0.29) is 0 Å². The lowest BCUT2D eigenvalue weighted by Crippen LogP contribution is -2.28. The molecule has 2 aromatic rings. The van der Waals surface area contributed by atoms with Crippen molar-refractivity contribution in [1.82, 2.24) is 5.32 Å². The van der Waals surface area contributed by atoms with E-state index in [0.717, 1.165) is 11.3 Å². The average molecular weight is 339 g/mol. The van der Waals surface area contributed by atoms with Crippen LogP contribution in [-0.4, -0.2) is 5.11 Å². The van der Waals surface area contributed by atoms with E-state index in [1.807, 2.05) is 24.3 Å². The van der Waals surface area contributed by atoms with Gasteiger partial charge < -0.3 is 10.6 Å². The molecule has 0 aliphatic carbocycles. The first-order valence-electron chi connectivity index (χ1n) is 6.52. The van der Waals surface area contributed by atoms with Gasteiger partial charge in [-0.2, -0.15) is 0 Å². The highest BCUT2D eigenvalue weighted by atomic mass is 35.5. The van der Waals surface area contributed by atoms with Gasteiger partial charge in [0.2, 0.25) is 0 Å². The van der Waals surface area contributed by atoms with Crippen LogP contribution in [0.5, 0.6) is 0 Å². The summed E-state index contributed by atoms with van der Waals surface area (Å²) in [6.07, 6.45) is 0. The number of halogens is 2. The van der Waals surface area contributed by atoms with Gasteiger partial charge in [-0.15, -0.1) is 0 Å². The minimum absolute atomic E-state index is 0.548. The van der Waals surface area contributed by atoms with Gasteiger partial charge in [-0.25, -0.2) is 0 Å². The summed E-state index contributed by atoms with van der Waals surface area (Å²) in [5.41, 5.74) is 4.37. The Bertz CT molecular complexity index is 671. The van der Waals surface area contributed by atoms with Crippen LogP contribution < -0.4 is 10.6 Å². The van der Waals surface area contributed by atoms with Crippen molar-refractivity contribution < 1.29 is 0 Å². The molecule has 0 saturated heterocycles. The predicted molar refractivity (Wildman–Crippen MR) is 95.4 cm³/mol. The number of nitrogens with one attached hydrogen (secondary N) is 2. The summed E-state index contributed by atoms with van der Waals surface area (Å²) in [6.45, 7) is 4.69. The van der Waals surface area contributed by atoms with Gasteiger partial charge in [0, 0.05) is 22.3 Å². The van der Waals surface area contributed by atoms with E-state index in [0.29, 0.717) is 21.7 Å². The Kier molecular flexibility index (Phi) is 5.45. The molecular formula is C16H16Cl2N2S. The Hall–Kier alpha value is -1.29. The first kappa shape index (κ1) is 16.1. The number of aryl methyl sites for hydroxylation is 1. The number of hydrogen-bond donors (Lipinski definition) is 2. The number of anilines is 1. The summed E-state index contributed by atoms with van der Waals surface area (Å²) >= 11 is 17.3. The summed E-state index contributed by atoms with van der Waals surface area (Å²) in [6, 6.07) is 11.5. The summed E-state index contributed by atoms with van der Waals surface area (Å²) in [5, 5.41) is 8.17. The van der Waals surface area contributed by atoms with Crippen LogP contribution in [0.2, 0.25) is 10.0 Å². The SMILES string of the molecule is Cc1cccc(NC(=S)NCc2ccc(Cl)cc2Cl)c1C. The van der Waals surface area contributed by atoms with Crippen LogP contribution in [0.25, 0.3) is 0 Å². The molecule has 0 amide bonds. The van der Waals surface area contributed by atoms with Crippen molar-refractivity contribution in [2.45, 2.75) is 20.4 Å². The molecule has 0 fully saturated rings. The summed E-state index contributed by atoms with van der Waals surface area (Å²) < 4.78 is 0. The molecule has 5 heteroatoms. The third kappa shape index (κ3) is 4.34. The average Bonchev–Trinajstić information content (AvgIpc) is 2.43. The topological polar surface area (TPSA) is 24.1 Å². The fourth-order valence-electron chi connectivity index (χ4n) is 1.89. The van der Waals surface area contributed by atoms with Crippen LogP contribution in [0.4, 0.5) is 5.69 Å². The van der Waals surface area contributed by atoms with Crippen molar-refractivity contribution >= 4 is 46.2 Å². The zero-order chi connectivity index (χ0) is 15.4. The molecule has 2 N–H and O–H groups in total. The fourth-order valence-corrected chi connectivity index (χ4v) is 2.55. The molecule has 2 nitrogen and oxygen atoms in total. The van der Waals surface area contributed by atoms with Crippen LogP contribution in [0, 0.1) is 13.8 Å². The molecular weight excluding hydrogens is 323 g/mol. The highest BCUT2D eigenvalue weighted by molar-refractivity contribution is 7.80. The predicted octanol–water partition coefficient (Wildman–Crippen LogP) is 5.10. The second kappa shape index (κ2) is 7.12. The Morgan fingerprint density at radius 3 is 2.62 bits per heavy atom. The molecule has 110 valence electrons. The number of rotatable bonds is 3. The number of benzene rings is 2. The van der Waals surface area contributed by atoms with Crippen LogP contribution in [-0.2, 0) is 6.54 Å². The van der Waals surface area contributed by atoms with E-state index in [2.05, 4.69) is 30.5 Å². The van der Waals surface area contributed by atoms with Gasteiger partial charge >= 0.3 is 0 Å². The molecule has 0 spiro atoms. The van der Waals surface area contributed by atoms with Gasteiger partial charge in [0.25, 0.3) is 0 Å². The normalized spacial score (nSPS) is 10.3. The fraction of sp³-hybridized carbons (Fsp3) is 0.188. The molecule has 2 aromatic carbocycles. The largest absolute Gasteiger partial charge is 0.358 e. The van der Waals surface area contributed by atoms with Crippen molar-refractivity contribution in [2.24, 2.45) is 0 Å². The lowest BCUT2D eigenvalue weighted by atomic mass is 10.1. The molecule has 0 heterocycles. The van der Waals surface area contributed by atoms with Crippen LogP contribution >= 0.6 is 35.4 Å². The van der Waals surface area contributed by atoms with E-state index in [9.17, 15) is 0 Å². The maximum atomic E-state index is 6.13. The van der Waals surface area contributed by atoms with E-state index in [1.54, 1.807) is 6.07 Å². The Balaban J connectivity index is 1.97. The van der Waals surface area contributed by atoms with Gasteiger partial charge in [0.15, 0.2) is 5.11 Å². The van der Waals surface area contributed by atoms with Gasteiger partial charge in [-0.3, -0.25) is 0 Å². The molecule has 0 aliphatic rings. The van der Waals surface area contributed by atoms with Crippen molar-refractivity contribution in [2.75, 3.05) is 5.32 Å². The highest BCUT2D eigenvalue weighted by Crippen LogP contribution is 2.21. The lowest BCUT2D eigenvalue weighted by Gasteiger charge is -2.14. The summed E-state index contributed by atoms with van der Waals surface area (Å²) in [7, 11) is 0. The van der Waals surface area contributed by atoms with E-state index < -0.39 is 0 Å². The standard InChI is InChI=1S/C16H16Cl2N2S/c1-10-4-3-5-15(11(10)2)20-16(21)19-9-12-6-7-13(17)8-14(12)18/h3-8H,9H2,1-2H3,(H2,19,20,21). The Labute approximate surface area is 140 Å². The molecule has 0 atom stereocenters. The second-order valence-corrected chi connectivity index (χ2v) is 6.04. The van der Waals surface area contributed by atoms with Crippen LogP contribution in [0.15, 0.2) is 36.4 Å². The van der Waals surface area contributed by atoms with Gasteiger partial charge in [0.1, 0.15) is 0 Å². The monoisotopic (exact) mass is 338 g/mol. The molecule has 0 aliphatic heterocycles. The number of hydrogen-bond acceptors (Lipinski definition) is 1. The van der Waals surface area contributed by atoms with Crippen molar-refractivity contribution in [3.05, 3.63) is 63.1 Å². The summed E-state index contributed by atoms with van der Waals surface area (Å²) in [5.74, 6) is 0. The summed E-state index contributed by atoms with van der Waals surface area (Å²) in [4.78, 5) is 0. The molecule has 0 unspecified atom stereocenters. The first-order chi connectivity index (χ1) is 9.97. The molecule has 0 aromatic heterocycles. The maximum Gasteiger partial charge on any atom is 0.171 e. The molecule has 0 saturated carbocycles. The second-order valence-electron chi connectivity index (χ2n) is 4.79. The van der Waals surface area contributed by atoms with Gasteiger partial charge in [-0.1, -0.05) is 41.4 Å². The highest BCUT2D eigenvalue weighted by Gasteiger charge is 2.05. The van der Waals surface area contributed by atoms with Crippen LogP contribution in [0.1, 0.15) is 16.7 Å². The molecule has 2 rings (SSSR count). The maximum absolute atomic E-state index is 6.13. The molecule has 0 bridgehead atoms. The Morgan fingerprint density at radius 1 is 1.14 bits per heavy atom. The zero-order valence-electron chi connectivity index (χ0n) is 11.8. The first-order valence-corrected chi connectivity index (χ1v) is 7.69. The third-order valence-electron chi connectivity index (χ3n) is 3.31. The molecule has 0 radical (unpaired) electrons. The van der Waals surface area contributed by atoms with E-state index >= 15 is 0 Å². The number of thiocarbonyl (C=S) groups is 1. The molecule has 21 heavy (non-hydrogen) atoms. The minimum atomic E-state index is 0.548. The van der Waals surface area contributed by atoms with Crippen molar-refractivity contribution in [3.63, 3.8) is 0 Å². The van der Waals surface area contributed by atoms with Crippen LogP contribution in [0.3, 0.4) is 0 Å². The quantitative estimate of drug-likeness (QED) is 0.761. The van der Waals surface area contributed by atoms with Gasteiger partial charge in [0.05, 0.1) is 0 Å². The van der Waals surface area contributed by atoms with E-state index in [1.165, 1.54) is 11.1 Å². The smallest absolute Gasteiger partial charge is 0.171 e. The van der Waals surface area contributed by atoms with E-state index in [4.69, 9.17) is 35.4 Å². The third-order valence-corrected chi connectivity index (χ3v) is 4.14. The van der Waals surface area contributed by atoms with Gasteiger partial charge in [-0.05, 0) is 61.0 Å². The van der Waals surface area contributed by atoms with Crippen molar-refractivity contribution in [3.8, 4) is 0 Å². The minimum Gasteiger partial charge on any atom is -0.358 e.